The number of likely N-dealkylation sites (N-methyl/N-ethyl adjacent to an activating group) is 1. The van der Waals surface area contributed by atoms with E-state index in [2.05, 4.69) is 30.2 Å². The zero-order valence-electron chi connectivity index (χ0n) is 15.5. The molecule has 1 aliphatic heterocycles. The molecule has 0 spiro atoms. The predicted molar refractivity (Wildman–Crippen MR) is 105 cm³/mol. The molecule has 6 nitrogen and oxygen atoms in total. The molecule has 2 aromatic carbocycles. The third kappa shape index (κ3) is 2.73. The summed E-state index contributed by atoms with van der Waals surface area (Å²) in [5.74, 6) is -0.190. The van der Waals surface area contributed by atoms with Crippen LogP contribution >= 0.6 is 0 Å². The highest BCUT2D eigenvalue weighted by Crippen LogP contribution is 2.46. The molecule has 27 heavy (non-hydrogen) atoms. The second-order valence-electron chi connectivity index (χ2n) is 7.27. The molecule has 136 valence electrons. The van der Waals surface area contributed by atoms with Crippen LogP contribution in [0.4, 0.5) is 5.69 Å². The maximum atomic E-state index is 12.7. The molecular formula is C21H20N4O2. The number of hydrogen-bond donors (Lipinski definition) is 0. The van der Waals surface area contributed by atoms with Crippen LogP contribution in [0.1, 0.15) is 19.4 Å². The van der Waals surface area contributed by atoms with Gasteiger partial charge in [-0.15, -0.1) is 5.10 Å². The summed E-state index contributed by atoms with van der Waals surface area (Å²) < 4.78 is 1.12. The van der Waals surface area contributed by atoms with E-state index in [1.807, 2.05) is 30.1 Å². The molecular weight excluding hydrogens is 340 g/mol. The van der Waals surface area contributed by atoms with Gasteiger partial charge in [0.2, 0.25) is 0 Å². The monoisotopic (exact) mass is 360 g/mol. The Hall–Kier alpha value is -3.28. The van der Waals surface area contributed by atoms with Gasteiger partial charge in [-0.2, -0.15) is 0 Å². The van der Waals surface area contributed by atoms with Crippen molar-refractivity contribution in [1.82, 2.24) is 15.0 Å². The Morgan fingerprint density at radius 2 is 1.81 bits per heavy atom. The van der Waals surface area contributed by atoms with Crippen molar-refractivity contribution in [2.24, 2.45) is 0 Å². The molecule has 0 N–H and O–H groups in total. The first kappa shape index (κ1) is 17.1. The summed E-state index contributed by atoms with van der Waals surface area (Å²) in [4.78, 5) is 27.3. The molecule has 0 bridgehead atoms. The molecule has 0 unspecified atom stereocenters. The summed E-state index contributed by atoms with van der Waals surface area (Å²) >= 11 is 0. The largest absolute Gasteiger partial charge is 0.347 e. The maximum absolute atomic E-state index is 12.7. The number of nitrogens with zero attached hydrogens (tertiary/aromatic N) is 4. The number of hydrogen-bond acceptors (Lipinski definition) is 5. The van der Waals surface area contributed by atoms with E-state index >= 15 is 0 Å². The Bertz CT molecular complexity index is 1140. The van der Waals surface area contributed by atoms with E-state index in [0.29, 0.717) is 10.9 Å². The number of rotatable bonds is 3. The Morgan fingerprint density at radius 3 is 2.59 bits per heavy atom. The van der Waals surface area contributed by atoms with Crippen molar-refractivity contribution < 1.29 is 4.79 Å². The number of allylic oxidation sites excluding steroid dienone is 2. The lowest BCUT2D eigenvalue weighted by atomic mass is 9.83. The number of carbonyl (C=O) groups excluding carboxylic acids is 1. The van der Waals surface area contributed by atoms with Crippen molar-refractivity contribution >= 4 is 22.4 Å². The molecule has 4 rings (SSSR count). The zero-order chi connectivity index (χ0) is 19.2. The highest BCUT2D eigenvalue weighted by Gasteiger charge is 2.38. The lowest BCUT2D eigenvalue weighted by Crippen LogP contribution is -2.29. The molecule has 0 amide bonds. The van der Waals surface area contributed by atoms with Crippen molar-refractivity contribution in [1.29, 1.82) is 0 Å². The first-order valence-corrected chi connectivity index (χ1v) is 8.80. The average Bonchev–Trinajstić information content (AvgIpc) is 2.85. The van der Waals surface area contributed by atoms with Gasteiger partial charge < -0.3 is 4.90 Å². The highest BCUT2D eigenvalue weighted by atomic mass is 16.1. The molecule has 0 fully saturated rings. The number of carbonyl (C=O) groups is 1. The molecule has 0 radical (unpaired) electrons. The van der Waals surface area contributed by atoms with Crippen LogP contribution in [0.2, 0.25) is 0 Å². The number of fused-ring (bicyclic) bond motifs is 2. The minimum absolute atomic E-state index is 0.138. The predicted octanol–water partition coefficient (Wildman–Crippen LogP) is 2.67. The number of ketones is 1. The number of para-hydroxylation sites is 1. The minimum atomic E-state index is -0.310. The Labute approximate surface area is 156 Å². The van der Waals surface area contributed by atoms with Crippen LogP contribution in [0.3, 0.4) is 0 Å². The van der Waals surface area contributed by atoms with Gasteiger partial charge >= 0.3 is 0 Å². The van der Waals surface area contributed by atoms with Gasteiger partial charge in [0.15, 0.2) is 5.78 Å². The quantitative estimate of drug-likeness (QED) is 0.672. The summed E-state index contributed by atoms with van der Waals surface area (Å²) in [6.45, 7) is 4.05. The smallest absolute Gasteiger partial charge is 0.278 e. The zero-order valence-corrected chi connectivity index (χ0v) is 15.5. The van der Waals surface area contributed by atoms with Crippen LogP contribution in [0.5, 0.6) is 0 Å². The molecule has 0 aliphatic carbocycles. The molecule has 0 saturated heterocycles. The van der Waals surface area contributed by atoms with Crippen LogP contribution in [0, 0.1) is 0 Å². The van der Waals surface area contributed by atoms with Crippen LogP contribution in [-0.4, -0.2) is 27.8 Å². The Balaban J connectivity index is 1.67. The third-order valence-corrected chi connectivity index (χ3v) is 5.17. The minimum Gasteiger partial charge on any atom is -0.347 e. The first-order valence-electron chi connectivity index (χ1n) is 8.80. The van der Waals surface area contributed by atoms with Crippen molar-refractivity contribution in [2.75, 3.05) is 11.9 Å². The summed E-state index contributed by atoms with van der Waals surface area (Å²) in [5.41, 5.74) is 3.08. The average molecular weight is 360 g/mol. The molecule has 6 heteroatoms. The fourth-order valence-corrected chi connectivity index (χ4v) is 3.73. The molecule has 3 aromatic rings. The summed E-state index contributed by atoms with van der Waals surface area (Å²) in [6.07, 6.45) is 1.61. The van der Waals surface area contributed by atoms with Gasteiger partial charge in [-0.1, -0.05) is 49.4 Å². The first-order chi connectivity index (χ1) is 12.9. The molecule has 0 atom stereocenters. The van der Waals surface area contributed by atoms with E-state index in [1.54, 1.807) is 30.3 Å². The van der Waals surface area contributed by atoms with Gasteiger partial charge in [-0.05, 0) is 23.8 Å². The highest BCUT2D eigenvalue weighted by molar-refractivity contribution is 5.92. The fraction of sp³-hybridized carbons (Fsp3) is 0.238. The van der Waals surface area contributed by atoms with Gasteiger partial charge in [-0.3, -0.25) is 9.59 Å². The summed E-state index contributed by atoms with van der Waals surface area (Å²) in [5, 5.41) is 8.40. The lowest BCUT2D eigenvalue weighted by molar-refractivity contribution is -0.115. The second kappa shape index (κ2) is 6.16. The fourth-order valence-electron chi connectivity index (χ4n) is 3.73. The lowest BCUT2D eigenvalue weighted by Gasteiger charge is -2.23. The molecule has 1 aliphatic rings. The number of anilines is 1. The molecule has 0 saturated carbocycles. The number of benzene rings is 2. The normalized spacial score (nSPS) is 16.7. The van der Waals surface area contributed by atoms with Crippen molar-refractivity contribution in [3.8, 4) is 0 Å². The van der Waals surface area contributed by atoms with E-state index in [0.717, 1.165) is 16.1 Å². The Kier molecular flexibility index (Phi) is 3.91. The van der Waals surface area contributed by atoms with E-state index < -0.39 is 0 Å². The van der Waals surface area contributed by atoms with Gasteiger partial charge in [0, 0.05) is 29.9 Å². The van der Waals surface area contributed by atoms with Gasteiger partial charge in [0.1, 0.15) is 12.1 Å². The van der Waals surface area contributed by atoms with Crippen molar-refractivity contribution in [2.45, 2.75) is 25.8 Å². The van der Waals surface area contributed by atoms with Crippen LogP contribution in [-0.2, 0) is 16.8 Å². The standard InChI is InChI=1S/C21H20N4O2/c1-21(2)16-9-5-7-11-18(16)24(3)19(21)12-14(26)13-25-20(27)15-8-4-6-10-17(15)22-23-25/h4-12H,13H2,1-3H3. The van der Waals surface area contributed by atoms with Crippen LogP contribution in [0.25, 0.3) is 10.9 Å². The topological polar surface area (TPSA) is 68.1 Å². The van der Waals surface area contributed by atoms with E-state index in [-0.39, 0.29) is 23.3 Å². The van der Waals surface area contributed by atoms with E-state index in [1.165, 1.54) is 5.56 Å². The van der Waals surface area contributed by atoms with Gasteiger partial charge in [0.25, 0.3) is 5.56 Å². The molecule has 2 heterocycles. The summed E-state index contributed by atoms with van der Waals surface area (Å²) in [6, 6.07) is 15.1. The van der Waals surface area contributed by atoms with Gasteiger partial charge in [-0.25, -0.2) is 4.68 Å². The summed E-state index contributed by atoms with van der Waals surface area (Å²) in [7, 11) is 1.95. The number of aromatic nitrogens is 3. The van der Waals surface area contributed by atoms with E-state index in [9.17, 15) is 9.59 Å². The van der Waals surface area contributed by atoms with Crippen LogP contribution in [0.15, 0.2) is 65.1 Å². The van der Waals surface area contributed by atoms with Crippen molar-refractivity contribution in [3.63, 3.8) is 0 Å². The maximum Gasteiger partial charge on any atom is 0.278 e. The van der Waals surface area contributed by atoms with Gasteiger partial charge in [0.05, 0.1) is 5.39 Å². The SMILES string of the molecule is CN1C(=CC(=O)Cn2nnc3ccccc3c2=O)C(C)(C)c2ccccc21. The van der Waals surface area contributed by atoms with Crippen molar-refractivity contribution in [3.05, 3.63) is 76.2 Å². The Morgan fingerprint density at radius 1 is 1.11 bits per heavy atom. The van der Waals surface area contributed by atoms with E-state index in [4.69, 9.17) is 0 Å². The third-order valence-electron chi connectivity index (χ3n) is 5.17. The van der Waals surface area contributed by atoms with Crippen LogP contribution < -0.4 is 10.5 Å². The molecule has 1 aromatic heterocycles. The second-order valence-corrected chi connectivity index (χ2v) is 7.27.